The predicted octanol–water partition coefficient (Wildman–Crippen LogP) is 2.23. The highest BCUT2D eigenvalue weighted by Gasteiger charge is 2.39. The molecule has 2 aliphatic rings. The van der Waals surface area contributed by atoms with Crippen molar-refractivity contribution < 1.29 is 4.79 Å². The molecule has 3 heteroatoms. The molecule has 2 heterocycles. The van der Waals surface area contributed by atoms with Crippen molar-refractivity contribution in [2.45, 2.75) is 37.6 Å². The van der Waals surface area contributed by atoms with Gasteiger partial charge in [0, 0.05) is 29.8 Å². The van der Waals surface area contributed by atoms with Gasteiger partial charge in [0.05, 0.1) is 0 Å². The first-order valence-electron chi connectivity index (χ1n) is 5.64. The van der Waals surface area contributed by atoms with Crippen molar-refractivity contribution in [2.75, 3.05) is 6.54 Å². The summed E-state index contributed by atoms with van der Waals surface area (Å²) in [6, 6.07) is 2.25. The quantitative estimate of drug-likeness (QED) is 0.728. The minimum atomic E-state index is 0.140. The molecule has 0 amide bonds. The van der Waals surface area contributed by atoms with E-state index in [1.54, 1.807) is 0 Å². The molecule has 0 aromatic carbocycles. The van der Waals surface area contributed by atoms with Gasteiger partial charge in [-0.15, -0.1) is 11.3 Å². The Balaban J connectivity index is 1.97. The molecular weight excluding hydrogens is 206 g/mol. The summed E-state index contributed by atoms with van der Waals surface area (Å²) in [5, 5.41) is 5.84. The molecule has 3 rings (SSSR count). The van der Waals surface area contributed by atoms with Crippen molar-refractivity contribution in [3.63, 3.8) is 0 Å². The fourth-order valence-corrected chi connectivity index (χ4v) is 3.85. The average molecular weight is 221 g/mol. The summed E-state index contributed by atoms with van der Waals surface area (Å²) in [5.74, 6) is 0.435. The first kappa shape index (κ1) is 9.55. The number of nitrogens with one attached hydrogen (secondary N) is 1. The van der Waals surface area contributed by atoms with Crippen LogP contribution in [-0.2, 0) is 16.8 Å². The standard InChI is InChI=1S/C12H15NOS/c14-9-1-5-12(6-2-9)10-4-8-15-11(10)3-7-13-12/h4,8,13H,1-3,5-7H2. The van der Waals surface area contributed by atoms with Gasteiger partial charge < -0.3 is 5.32 Å². The number of carbonyl (C=O) groups is 1. The normalized spacial score (nSPS) is 24.1. The van der Waals surface area contributed by atoms with Crippen LogP contribution in [0.5, 0.6) is 0 Å². The van der Waals surface area contributed by atoms with Gasteiger partial charge in [0.1, 0.15) is 5.78 Å². The first-order valence-corrected chi connectivity index (χ1v) is 6.52. The van der Waals surface area contributed by atoms with E-state index in [1.807, 2.05) is 11.3 Å². The van der Waals surface area contributed by atoms with Crippen LogP contribution in [0, 0.1) is 0 Å². The second kappa shape index (κ2) is 3.42. The summed E-state index contributed by atoms with van der Waals surface area (Å²) in [5.41, 5.74) is 1.62. The molecule has 1 aliphatic heterocycles. The van der Waals surface area contributed by atoms with Gasteiger partial charge in [-0.2, -0.15) is 0 Å². The third-order valence-corrected chi connectivity index (χ3v) is 4.72. The molecule has 1 saturated carbocycles. The fraction of sp³-hybridized carbons (Fsp3) is 0.583. The molecule has 0 bridgehead atoms. The third kappa shape index (κ3) is 1.45. The molecule has 0 unspecified atom stereocenters. The highest BCUT2D eigenvalue weighted by atomic mass is 32.1. The van der Waals surface area contributed by atoms with E-state index in [4.69, 9.17) is 0 Å². The van der Waals surface area contributed by atoms with Gasteiger partial charge in [-0.25, -0.2) is 0 Å². The summed E-state index contributed by atoms with van der Waals surface area (Å²) in [6.07, 6.45) is 4.65. The molecule has 1 fully saturated rings. The third-order valence-electron chi connectivity index (χ3n) is 3.74. The zero-order valence-corrected chi connectivity index (χ0v) is 9.53. The topological polar surface area (TPSA) is 29.1 Å². The number of carbonyl (C=O) groups excluding carboxylic acids is 1. The van der Waals surface area contributed by atoms with E-state index in [1.165, 1.54) is 10.4 Å². The van der Waals surface area contributed by atoms with Crippen LogP contribution in [0.25, 0.3) is 0 Å². The minimum absolute atomic E-state index is 0.140. The summed E-state index contributed by atoms with van der Waals surface area (Å²) < 4.78 is 0. The molecular formula is C12H15NOS. The lowest BCUT2D eigenvalue weighted by molar-refractivity contribution is -0.121. The van der Waals surface area contributed by atoms with E-state index in [9.17, 15) is 4.79 Å². The smallest absolute Gasteiger partial charge is 0.133 e. The van der Waals surface area contributed by atoms with E-state index in [0.29, 0.717) is 5.78 Å². The van der Waals surface area contributed by atoms with Crippen LogP contribution < -0.4 is 5.32 Å². The van der Waals surface area contributed by atoms with Crippen molar-refractivity contribution in [1.29, 1.82) is 0 Å². The number of Topliss-reactive ketones (excluding diaryl/α,β-unsaturated/α-hetero) is 1. The lowest BCUT2D eigenvalue weighted by Crippen LogP contribution is -2.49. The predicted molar refractivity (Wildman–Crippen MR) is 61.2 cm³/mol. The Labute approximate surface area is 93.7 Å². The Bertz CT molecular complexity index is 386. The van der Waals surface area contributed by atoms with E-state index in [2.05, 4.69) is 16.8 Å². The molecule has 1 spiro atoms. The van der Waals surface area contributed by atoms with Gasteiger partial charge in [-0.3, -0.25) is 4.79 Å². The minimum Gasteiger partial charge on any atom is -0.307 e. The molecule has 1 aromatic heterocycles. The Morgan fingerprint density at radius 1 is 1.27 bits per heavy atom. The van der Waals surface area contributed by atoms with Crippen LogP contribution >= 0.6 is 11.3 Å². The second-order valence-corrected chi connectivity index (χ2v) is 5.56. The zero-order valence-electron chi connectivity index (χ0n) is 8.71. The SMILES string of the molecule is O=C1CCC2(CC1)NCCc1sccc12. The van der Waals surface area contributed by atoms with Crippen molar-refractivity contribution >= 4 is 17.1 Å². The van der Waals surface area contributed by atoms with E-state index in [0.717, 1.165) is 38.6 Å². The molecule has 2 nitrogen and oxygen atoms in total. The second-order valence-electron chi connectivity index (χ2n) is 4.56. The number of ketones is 1. The van der Waals surface area contributed by atoms with Crippen molar-refractivity contribution in [3.8, 4) is 0 Å². The average Bonchev–Trinajstić information content (AvgIpc) is 2.72. The van der Waals surface area contributed by atoms with Crippen LogP contribution in [-0.4, -0.2) is 12.3 Å². The van der Waals surface area contributed by atoms with Crippen LogP contribution in [0.1, 0.15) is 36.1 Å². The monoisotopic (exact) mass is 221 g/mol. The fourth-order valence-electron chi connectivity index (χ4n) is 2.87. The maximum Gasteiger partial charge on any atom is 0.133 e. The molecule has 80 valence electrons. The van der Waals surface area contributed by atoms with Gasteiger partial charge in [0.25, 0.3) is 0 Å². The molecule has 0 atom stereocenters. The maximum atomic E-state index is 11.3. The van der Waals surface area contributed by atoms with E-state index in [-0.39, 0.29) is 5.54 Å². The lowest BCUT2D eigenvalue weighted by atomic mass is 9.74. The Hall–Kier alpha value is -0.670. The Kier molecular flexibility index (Phi) is 2.18. The van der Waals surface area contributed by atoms with Gasteiger partial charge in [-0.1, -0.05) is 0 Å². The first-order chi connectivity index (χ1) is 7.30. The number of hydrogen-bond acceptors (Lipinski definition) is 3. The van der Waals surface area contributed by atoms with Crippen LogP contribution in [0.2, 0.25) is 0 Å². The summed E-state index contributed by atoms with van der Waals surface area (Å²) in [7, 11) is 0. The molecule has 1 aliphatic carbocycles. The summed E-state index contributed by atoms with van der Waals surface area (Å²) in [4.78, 5) is 12.8. The molecule has 1 aromatic rings. The van der Waals surface area contributed by atoms with Crippen molar-refractivity contribution in [1.82, 2.24) is 5.32 Å². The Morgan fingerprint density at radius 2 is 2.07 bits per heavy atom. The summed E-state index contributed by atoms with van der Waals surface area (Å²) >= 11 is 1.87. The summed E-state index contributed by atoms with van der Waals surface area (Å²) in [6.45, 7) is 1.07. The van der Waals surface area contributed by atoms with Gasteiger partial charge in [0.2, 0.25) is 0 Å². The van der Waals surface area contributed by atoms with E-state index < -0.39 is 0 Å². The Morgan fingerprint density at radius 3 is 2.87 bits per heavy atom. The molecule has 0 radical (unpaired) electrons. The largest absolute Gasteiger partial charge is 0.307 e. The highest BCUT2D eigenvalue weighted by molar-refractivity contribution is 7.10. The molecule has 1 N–H and O–H groups in total. The number of thiophene rings is 1. The maximum absolute atomic E-state index is 11.3. The van der Waals surface area contributed by atoms with Crippen molar-refractivity contribution in [2.24, 2.45) is 0 Å². The van der Waals surface area contributed by atoms with Crippen LogP contribution in [0.4, 0.5) is 0 Å². The van der Waals surface area contributed by atoms with Crippen molar-refractivity contribution in [3.05, 3.63) is 21.9 Å². The van der Waals surface area contributed by atoms with Gasteiger partial charge in [-0.05, 0) is 36.3 Å². The van der Waals surface area contributed by atoms with Crippen LogP contribution in [0.3, 0.4) is 0 Å². The lowest BCUT2D eigenvalue weighted by Gasteiger charge is -2.41. The number of fused-ring (bicyclic) bond motifs is 2. The van der Waals surface area contributed by atoms with Gasteiger partial charge in [0.15, 0.2) is 0 Å². The highest BCUT2D eigenvalue weighted by Crippen LogP contribution is 2.41. The number of hydrogen-bond donors (Lipinski definition) is 1. The molecule has 0 saturated heterocycles. The van der Waals surface area contributed by atoms with Crippen LogP contribution in [0.15, 0.2) is 11.4 Å². The molecule has 15 heavy (non-hydrogen) atoms. The number of rotatable bonds is 0. The van der Waals surface area contributed by atoms with E-state index >= 15 is 0 Å². The zero-order chi connectivity index (χ0) is 10.3. The van der Waals surface area contributed by atoms with Gasteiger partial charge >= 0.3 is 0 Å².